The van der Waals surface area contributed by atoms with Gasteiger partial charge in [-0.25, -0.2) is 4.98 Å². The molecule has 1 fully saturated rings. The standard InChI is InChI=1S/C28H41NOS/c1-27(2)15-16-28(3,4)24-18-22(13-14-23(24)27)25-19-31-26(29-25)21-11-9-20(10-12-21)8-6-5-7-17-30/h13-14,18-21,30H,5-12,15-17H2,1-4H3. The highest BCUT2D eigenvalue weighted by Gasteiger charge is 2.37. The van der Waals surface area contributed by atoms with Gasteiger partial charge in [0.1, 0.15) is 0 Å². The van der Waals surface area contributed by atoms with Crippen LogP contribution in [0.2, 0.25) is 0 Å². The normalized spacial score (nSPS) is 24.7. The monoisotopic (exact) mass is 439 g/mol. The van der Waals surface area contributed by atoms with Crippen molar-refractivity contribution >= 4 is 11.3 Å². The molecule has 1 N–H and O–H groups in total. The average molecular weight is 440 g/mol. The largest absolute Gasteiger partial charge is 0.396 e. The van der Waals surface area contributed by atoms with E-state index in [1.165, 1.54) is 85.2 Å². The van der Waals surface area contributed by atoms with Gasteiger partial charge in [-0.05, 0) is 78.9 Å². The summed E-state index contributed by atoms with van der Waals surface area (Å²) >= 11 is 1.87. The van der Waals surface area contributed by atoms with E-state index in [2.05, 4.69) is 51.3 Å². The minimum Gasteiger partial charge on any atom is -0.396 e. The van der Waals surface area contributed by atoms with E-state index >= 15 is 0 Å². The molecule has 0 spiro atoms. The van der Waals surface area contributed by atoms with E-state index in [0.29, 0.717) is 12.5 Å². The van der Waals surface area contributed by atoms with E-state index in [9.17, 15) is 0 Å². The van der Waals surface area contributed by atoms with Gasteiger partial charge in [0.25, 0.3) is 0 Å². The molecule has 1 saturated carbocycles. The molecule has 0 radical (unpaired) electrons. The first-order chi connectivity index (χ1) is 14.8. The Balaban J connectivity index is 1.43. The summed E-state index contributed by atoms with van der Waals surface area (Å²) < 4.78 is 0. The van der Waals surface area contributed by atoms with Crippen LogP contribution in [0, 0.1) is 5.92 Å². The third-order valence-corrected chi connectivity index (χ3v) is 9.14. The molecule has 2 nitrogen and oxygen atoms in total. The van der Waals surface area contributed by atoms with Crippen LogP contribution in [0.15, 0.2) is 23.6 Å². The Kier molecular flexibility index (Phi) is 6.93. The average Bonchev–Trinajstić information content (AvgIpc) is 3.25. The van der Waals surface area contributed by atoms with E-state index < -0.39 is 0 Å². The van der Waals surface area contributed by atoms with Crippen molar-refractivity contribution in [1.29, 1.82) is 0 Å². The van der Waals surface area contributed by atoms with Crippen LogP contribution < -0.4 is 0 Å². The van der Waals surface area contributed by atoms with Crippen LogP contribution >= 0.6 is 11.3 Å². The van der Waals surface area contributed by atoms with E-state index in [4.69, 9.17) is 10.1 Å². The molecule has 3 heteroatoms. The van der Waals surface area contributed by atoms with Crippen LogP contribution in [0.25, 0.3) is 11.3 Å². The number of fused-ring (bicyclic) bond motifs is 1. The molecule has 2 aliphatic rings. The fourth-order valence-electron chi connectivity index (χ4n) is 5.78. The van der Waals surface area contributed by atoms with E-state index in [1.807, 2.05) is 11.3 Å². The van der Waals surface area contributed by atoms with Crippen molar-refractivity contribution in [3.05, 3.63) is 39.7 Å². The first kappa shape index (κ1) is 23.0. The molecule has 4 rings (SSSR count). The summed E-state index contributed by atoms with van der Waals surface area (Å²) in [7, 11) is 0. The number of hydrogen-bond donors (Lipinski definition) is 1. The van der Waals surface area contributed by atoms with Crippen molar-refractivity contribution in [2.75, 3.05) is 6.61 Å². The fourth-order valence-corrected chi connectivity index (χ4v) is 6.78. The van der Waals surface area contributed by atoms with Crippen LogP contribution in [0.3, 0.4) is 0 Å². The van der Waals surface area contributed by atoms with Gasteiger partial charge in [0.05, 0.1) is 10.7 Å². The third kappa shape index (κ3) is 5.09. The van der Waals surface area contributed by atoms with Crippen LogP contribution in [0.4, 0.5) is 0 Å². The zero-order chi connectivity index (χ0) is 22.1. The SMILES string of the molecule is CC1(C)CCC(C)(C)c2cc(-c3csc(C4CCC(CCCCCO)CC4)n3)ccc21. The minimum atomic E-state index is 0.245. The van der Waals surface area contributed by atoms with Crippen LogP contribution in [-0.2, 0) is 10.8 Å². The predicted molar refractivity (Wildman–Crippen MR) is 133 cm³/mol. The second kappa shape index (κ2) is 9.35. The summed E-state index contributed by atoms with van der Waals surface area (Å²) in [6.07, 6.45) is 12.6. The molecule has 0 unspecified atom stereocenters. The lowest BCUT2D eigenvalue weighted by Crippen LogP contribution is -2.33. The number of aliphatic hydroxyl groups is 1. The van der Waals surface area contributed by atoms with Gasteiger partial charge < -0.3 is 5.11 Å². The fraction of sp³-hybridized carbons (Fsp3) is 0.679. The number of thiazole rings is 1. The van der Waals surface area contributed by atoms with Gasteiger partial charge >= 0.3 is 0 Å². The number of aromatic nitrogens is 1. The maximum Gasteiger partial charge on any atom is 0.0963 e. The first-order valence-corrected chi connectivity index (χ1v) is 13.4. The molecular formula is C28H41NOS. The van der Waals surface area contributed by atoms with Crippen molar-refractivity contribution in [1.82, 2.24) is 4.98 Å². The Hall–Kier alpha value is -1.19. The topological polar surface area (TPSA) is 33.1 Å². The molecule has 0 amide bonds. The van der Waals surface area contributed by atoms with Crippen LogP contribution in [0.1, 0.15) is 114 Å². The van der Waals surface area contributed by atoms with Gasteiger partial charge in [-0.1, -0.05) is 59.1 Å². The highest BCUT2D eigenvalue weighted by Crippen LogP contribution is 2.47. The molecule has 1 heterocycles. The lowest BCUT2D eigenvalue weighted by Gasteiger charge is -2.42. The third-order valence-electron chi connectivity index (χ3n) is 8.14. The molecule has 1 aromatic heterocycles. The Morgan fingerprint density at radius 3 is 2.35 bits per heavy atom. The lowest BCUT2D eigenvalue weighted by atomic mass is 9.63. The quantitative estimate of drug-likeness (QED) is 0.443. The molecule has 1 aromatic carbocycles. The zero-order valence-corrected chi connectivity index (χ0v) is 20.9. The van der Waals surface area contributed by atoms with Gasteiger partial charge in [-0.3, -0.25) is 0 Å². The lowest BCUT2D eigenvalue weighted by molar-refractivity contribution is 0.271. The molecule has 0 saturated heterocycles. The Bertz CT molecular complexity index is 873. The summed E-state index contributed by atoms with van der Waals surface area (Å²) in [6, 6.07) is 7.13. The van der Waals surface area contributed by atoms with Gasteiger partial charge in [0.2, 0.25) is 0 Å². The number of aliphatic hydroxyl groups excluding tert-OH is 1. The van der Waals surface area contributed by atoms with Gasteiger partial charge in [-0.2, -0.15) is 0 Å². The minimum absolute atomic E-state index is 0.245. The Morgan fingerprint density at radius 1 is 0.935 bits per heavy atom. The summed E-state index contributed by atoms with van der Waals surface area (Å²) in [5, 5.41) is 12.6. The highest BCUT2D eigenvalue weighted by atomic mass is 32.1. The van der Waals surface area contributed by atoms with E-state index in [0.717, 1.165) is 12.3 Å². The smallest absolute Gasteiger partial charge is 0.0963 e. The maximum atomic E-state index is 8.95. The summed E-state index contributed by atoms with van der Waals surface area (Å²) in [5.74, 6) is 1.54. The first-order valence-electron chi connectivity index (χ1n) is 12.5. The Morgan fingerprint density at radius 2 is 1.65 bits per heavy atom. The van der Waals surface area contributed by atoms with Crippen molar-refractivity contribution in [3.8, 4) is 11.3 Å². The van der Waals surface area contributed by atoms with Gasteiger partial charge in [0, 0.05) is 23.5 Å². The molecule has 170 valence electrons. The molecular weight excluding hydrogens is 398 g/mol. The number of unbranched alkanes of at least 4 members (excludes halogenated alkanes) is 2. The second-order valence-corrected chi connectivity index (χ2v) is 12.3. The Labute approximate surface area is 193 Å². The summed E-state index contributed by atoms with van der Waals surface area (Å²) in [6.45, 7) is 9.94. The van der Waals surface area contributed by atoms with Crippen LogP contribution in [0.5, 0.6) is 0 Å². The van der Waals surface area contributed by atoms with Gasteiger partial charge in [0.15, 0.2) is 0 Å². The van der Waals surface area contributed by atoms with Crippen molar-refractivity contribution < 1.29 is 5.11 Å². The van der Waals surface area contributed by atoms with Crippen molar-refractivity contribution in [3.63, 3.8) is 0 Å². The number of nitrogens with zero attached hydrogens (tertiary/aromatic N) is 1. The number of benzene rings is 1. The molecule has 2 aromatic rings. The summed E-state index contributed by atoms with van der Waals surface area (Å²) in [5.41, 5.74) is 6.04. The van der Waals surface area contributed by atoms with E-state index in [-0.39, 0.29) is 10.8 Å². The molecule has 31 heavy (non-hydrogen) atoms. The van der Waals surface area contributed by atoms with Crippen molar-refractivity contribution in [2.45, 2.75) is 109 Å². The molecule has 0 bridgehead atoms. The van der Waals surface area contributed by atoms with Gasteiger partial charge in [-0.15, -0.1) is 11.3 Å². The maximum absolute atomic E-state index is 8.95. The number of hydrogen-bond acceptors (Lipinski definition) is 3. The molecule has 2 aliphatic carbocycles. The van der Waals surface area contributed by atoms with E-state index in [1.54, 1.807) is 0 Å². The predicted octanol–water partition coefficient (Wildman–Crippen LogP) is 7.99. The zero-order valence-electron chi connectivity index (χ0n) is 20.0. The highest BCUT2D eigenvalue weighted by molar-refractivity contribution is 7.10. The van der Waals surface area contributed by atoms with Crippen LogP contribution in [-0.4, -0.2) is 16.7 Å². The second-order valence-electron chi connectivity index (χ2n) is 11.4. The number of rotatable bonds is 7. The summed E-state index contributed by atoms with van der Waals surface area (Å²) in [4.78, 5) is 5.14. The molecule has 0 aliphatic heterocycles. The van der Waals surface area contributed by atoms with Crippen molar-refractivity contribution in [2.24, 2.45) is 5.92 Å². The molecule has 0 atom stereocenters.